The van der Waals surface area contributed by atoms with Crippen LogP contribution in [0.5, 0.6) is 5.75 Å². The van der Waals surface area contributed by atoms with Gasteiger partial charge in [0, 0.05) is 11.6 Å². The highest BCUT2D eigenvalue weighted by atomic mass is 16.4. The first kappa shape index (κ1) is 8.75. The van der Waals surface area contributed by atoms with Gasteiger partial charge < -0.3 is 5.11 Å². The molecule has 0 unspecified atom stereocenters. The molecule has 0 amide bonds. The normalized spacial score (nSPS) is 10.4. The van der Waals surface area contributed by atoms with E-state index in [0.717, 1.165) is 11.1 Å². The number of rotatable bonds is 1. The molecule has 0 aliphatic carbocycles. The monoisotopic (exact) mass is 187 g/mol. The van der Waals surface area contributed by atoms with E-state index >= 15 is 0 Å². The number of hydrogen-bond donors (Lipinski definition) is 1. The SMILES string of the molecule is C=Cc1ccc2ccc(C)[o+]c2c1O. The third-order valence-corrected chi connectivity index (χ3v) is 2.17. The second kappa shape index (κ2) is 3.14. The Kier molecular flexibility index (Phi) is 1.97. The summed E-state index contributed by atoms with van der Waals surface area (Å²) >= 11 is 0. The summed E-state index contributed by atoms with van der Waals surface area (Å²) in [4.78, 5) is 0. The van der Waals surface area contributed by atoms with Crippen LogP contribution in [0.2, 0.25) is 0 Å². The minimum Gasteiger partial charge on any atom is -0.500 e. The van der Waals surface area contributed by atoms with Gasteiger partial charge in [0.25, 0.3) is 0 Å². The van der Waals surface area contributed by atoms with Crippen LogP contribution in [0.25, 0.3) is 17.0 Å². The standard InChI is InChI=1S/C12H10O2/c1-3-9-6-7-10-5-4-8(2)14-12(10)11(9)13/h3-7H,1H2,2H3/p+1. The highest BCUT2D eigenvalue weighted by Gasteiger charge is 2.15. The van der Waals surface area contributed by atoms with Crippen molar-refractivity contribution in [3.8, 4) is 5.75 Å². The van der Waals surface area contributed by atoms with Crippen molar-refractivity contribution in [3.05, 3.63) is 42.2 Å². The molecule has 2 aromatic rings. The molecule has 1 aromatic heterocycles. The lowest BCUT2D eigenvalue weighted by Gasteiger charge is -1.96. The van der Waals surface area contributed by atoms with Crippen LogP contribution >= 0.6 is 0 Å². The Hall–Kier alpha value is -1.83. The third kappa shape index (κ3) is 1.25. The predicted octanol–water partition coefficient (Wildman–Crippen LogP) is 3.37. The van der Waals surface area contributed by atoms with E-state index in [-0.39, 0.29) is 5.75 Å². The molecular weight excluding hydrogens is 176 g/mol. The summed E-state index contributed by atoms with van der Waals surface area (Å²) in [5.41, 5.74) is 1.20. The molecule has 14 heavy (non-hydrogen) atoms. The minimum absolute atomic E-state index is 0.154. The van der Waals surface area contributed by atoms with Gasteiger partial charge in [-0.25, -0.2) is 4.42 Å². The molecule has 0 aliphatic heterocycles. The number of phenols is 1. The molecule has 0 atom stereocenters. The Labute approximate surface area is 82.1 Å². The van der Waals surface area contributed by atoms with Gasteiger partial charge in [-0.1, -0.05) is 12.7 Å². The number of phenolic OH excluding ortho intramolecular Hbond substituents is 1. The zero-order valence-electron chi connectivity index (χ0n) is 7.95. The summed E-state index contributed by atoms with van der Waals surface area (Å²) in [5, 5.41) is 10.7. The second-order valence-electron chi connectivity index (χ2n) is 3.17. The van der Waals surface area contributed by atoms with E-state index in [1.165, 1.54) is 0 Å². The van der Waals surface area contributed by atoms with Crippen molar-refractivity contribution in [2.45, 2.75) is 6.92 Å². The smallest absolute Gasteiger partial charge is 0.401 e. The van der Waals surface area contributed by atoms with Crippen LogP contribution in [0, 0.1) is 6.92 Å². The summed E-state index contributed by atoms with van der Waals surface area (Å²) in [6.45, 7) is 5.47. The molecule has 0 radical (unpaired) electrons. The number of aryl methyl sites for hydroxylation is 1. The molecule has 70 valence electrons. The van der Waals surface area contributed by atoms with E-state index in [2.05, 4.69) is 6.58 Å². The van der Waals surface area contributed by atoms with Crippen molar-refractivity contribution in [3.63, 3.8) is 0 Å². The topological polar surface area (TPSA) is 31.5 Å². The van der Waals surface area contributed by atoms with Crippen molar-refractivity contribution < 1.29 is 9.52 Å². The molecule has 0 fully saturated rings. The molecule has 2 heteroatoms. The largest absolute Gasteiger partial charge is 0.500 e. The van der Waals surface area contributed by atoms with Crippen LogP contribution in [0.1, 0.15) is 11.3 Å². The molecule has 1 heterocycles. The maximum atomic E-state index is 9.81. The van der Waals surface area contributed by atoms with E-state index in [1.54, 1.807) is 6.08 Å². The quantitative estimate of drug-likeness (QED) is 0.694. The van der Waals surface area contributed by atoms with Crippen molar-refractivity contribution in [1.82, 2.24) is 0 Å². The molecule has 2 nitrogen and oxygen atoms in total. The Morgan fingerprint density at radius 3 is 2.71 bits per heavy atom. The molecule has 1 N–H and O–H groups in total. The Morgan fingerprint density at radius 1 is 1.29 bits per heavy atom. The summed E-state index contributed by atoms with van der Waals surface area (Å²) in [7, 11) is 0. The average molecular weight is 187 g/mol. The van der Waals surface area contributed by atoms with Crippen LogP contribution in [0.3, 0.4) is 0 Å². The summed E-state index contributed by atoms with van der Waals surface area (Å²) in [5.74, 6) is 0.926. The van der Waals surface area contributed by atoms with Gasteiger partial charge in [0.1, 0.15) is 0 Å². The number of aromatic hydroxyl groups is 1. The fourth-order valence-electron chi connectivity index (χ4n) is 1.41. The van der Waals surface area contributed by atoms with Crippen LogP contribution in [0.15, 0.2) is 35.3 Å². The molecular formula is C12H11O2+. The van der Waals surface area contributed by atoms with Crippen LogP contribution in [-0.4, -0.2) is 5.11 Å². The molecule has 2 rings (SSSR count). The summed E-state index contributed by atoms with van der Waals surface area (Å²) in [6, 6.07) is 7.50. The van der Waals surface area contributed by atoms with Crippen molar-refractivity contribution in [2.75, 3.05) is 0 Å². The van der Waals surface area contributed by atoms with E-state index in [9.17, 15) is 5.11 Å². The molecule has 1 aromatic carbocycles. The van der Waals surface area contributed by atoms with Gasteiger partial charge in [-0.2, -0.15) is 0 Å². The molecule has 0 aliphatic rings. The Bertz CT molecular complexity index is 501. The summed E-state index contributed by atoms with van der Waals surface area (Å²) in [6.07, 6.45) is 1.60. The first-order valence-corrected chi connectivity index (χ1v) is 4.40. The van der Waals surface area contributed by atoms with Gasteiger partial charge in [0.15, 0.2) is 0 Å². The predicted molar refractivity (Wildman–Crippen MR) is 57.1 cm³/mol. The molecule has 0 spiro atoms. The van der Waals surface area contributed by atoms with Gasteiger partial charge >= 0.3 is 11.3 Å². The van der Waals surface area contributed by atoms with Gasteiger partial charge in [0.2, 0.25) is 5.75 Å². The Balaban J connectivity index is 2.86. The minimum atomic E-state index is 0.154. The van der Waals surface area contributed by atoms with E-state index in [4.69, 9.17) is 4.42 Å². The van der Waals surface area contributed by atoms with Gasteiger partial charge in [-0.3, -0.25) is 0 Å². The van der Waals surface area contributed by atoms with E-state index < -0.39 is 0 Å². The van der Waals surface area contributed by atoms with Crippen LogP contribution in [0.4, 0.5) is 0 Å². The second-order valence-corrected chi connectivity index (χ2v) is 3.17. The first-order valence-electron chi connectivity index (χ1n) is 4.40. The van der Waals surface area contributed by atoms with E-state index in [0.29, 0.717) is 11.1 Å². The zero-order valence-corrected chi connectivity index (χ0v) is 7.95. The maximum absolute atomic E-state index is 9.81. The number of hydrogen-bond acceptors (Lipinski definition) is 1. The van der Waals surface area contributed by atoms with Gasteiger partial charge in [-0.15, -0.1) is 0 Å². The summed E-state index contributed by atoms with van der Waals surface area (Å²) < 4.78 is 5.44. The number of fused-ring (bicyclic) bond motifs is 1. The third-order valence-electron chi connectivity index (χ3n) is 2.17. The number of benzene rings is 1. The highest BCUT2D eigenvalue weighted by Crippen LogP contribution is 2.29. The average Bonchev–Trinajstić information content (AvgIpc) is 2.20. The van der Waals surface area contributed by atoms with Crippen molar-refractivity contribution >= 4 is 17.0 Å². The molecule has 0 saturated heterocycles. The van der Waals surface area contributed by atoms with Crippen molar-refractivity contribution in [2.24, 2.45) is 0 Å². The van der Waals surface area contributed by atoms with E-state index in [1.807, 2.05) is 31.2 Å². The van der Waals surface area contributed by atoms with Crippen molar-refractivity contribution in [1.29, 1.82) is 0 Å². The van der Waals surface area contributed by atoms with Gasteiger partial charge in [-0.05, 0) is 18.2 Å². The zero-order chi connectivity index (χ0) is 10.1. The highest BCUT2D eigenvalue weighted by molar-refractivity contribution is 5.86. The first-order chi connectivity index (χ1) is 6.72. The lowest BCUT2D eigenvalue weighted by Crippen LogP contribution is -1.80. The lowest BCUT2D eigenvalue weighted by molar-refractivity contribution is 0.457. The van der Waals surface area contributed by atoms with Crippen LogP contribution in [-0.2, 0) is 0 Å². The maximum Gasteiger partial charge on any atom is 0.401 e. The molecule has 0 saturated carbocycles. The molecule has 0 bridgehead atoms. The fraction of sp³-hybridized carbons (Fsp3) is 0.0833. The van der Waals surface area contributed by atoms with Gasteiger partial charge in [0.05, 0.1) is 12.3 Å². The van der Waals surface area contributed by atoms with Crippen LogP contribution < -0.4 is 0 Å². The fourth-order valence-corrected chi connectivity index (χ4v) is 1.41. The lowest BCUT2D eigenvalue weighted by atomic mass is 10.1. The Morgan fingerprint density at radius 2 is 2.00 bits per heavy atom.